The van der Waals surface area contributed by atoms with Gasteiger partial charge in [0.05, 0.1) is 25.0 Å². The molecule has 0 aromatic carbocycles. The van der Waals surface area contributed by atoms with Crippen molar-refractivity contribution in [3.63, 3.8) is 0 Å². The number of hydrogen-bond acceptors (Lipinski definition) is 8. The quantitative estimate of drug-likeness (QED) is 0.176. The van der Waals surface area contributed by atoms with Crippen LogP contribution in [-0.4, -0.2) is 67.3 Å². The van der Waals surface area contributed by atoms with Gasteiger partial charge in [0.15, 0.2) is 0 Å². The van der Waals surface area contributed by atoms with Crippen LogP contribution in [0, 0.1) is 23.2 Å². The SMILES string of the molecule is C=CC(=O)OCCNC(=O)OCCOC(=O)C(C)CC.CCC(C)C(=O)N(CCC#N)C(C)(C)C. The van der Waals surface area contributed by atoms with Gasteiger partial charge in [0, 0.05) is 24.1 Å². The molecule has 0 aliphatic carbocycles. The first-order valence-electron chi connectivity index (χ1n) is 11.9. The minimum absolute atomic E-state index is 0.0159. The molecule has 200 valence electrons. The van der Waals surface area contributed by atoms with Crippen LogP contribution in [0.15, 0.2) is 12.7 Å². The Morgan fingerprint density at radius 3 is 2.06 bits per heavy atom. The van der Waals surface area contributed by atoms with Crippen LogP contribution >= 0.6 is 0 Å². The summed E-state index contributed by atoms with van der Waals surface area (Å²) < 4.78 is 14.3. The fraction of sp³-hybridized carbons (Fsp3) is 0.720. The standard InChI is InChI=1S/C13H21NO6.C12H22N2O/c1-4-10(3)12(16)19-8-9-20-13(17)14-6-7-18-11(15)5-2;1-6-10(2)11(15)14(9-7-8-13)12(3,4)5/h5,10H,2,4,6-9H2,1,3H3,(H,14,17);10H,6-7,9H2,1-5H3. The number of nitrogens with one attached hydrogen (secondary N) is 1. The van der Waals surface area contributed by atoms with Crippen LogP contribution < -0.4 is 5.32 Å². The minimum atomic E-state index is -0.667. The molecule has 0 aliphatic heterocycles. The number of carbonyl (C=O) groups is 4. The van der Waals surface area contributed by atoms with Crippen molar-refractivity contribution in [2.24, 2.45) is 11.8 Å². The van der Waals surface area contributed by atoms with E-state index in [2.05, 4.69) is 22.7 Å². The Morgan fingerprint density at radius 1 is 1.00 bits per heavy atom. The van der Waals surface area contributed by atoms with Gasteiger partial charge < -0.3 is 24.4 Å². The zero-order valence-corrected chi connectivity index (χ0v) is 22.3. The van der Waals surface area contributed by atoms with E-state index in [0.29, 0.717) is 19.4 Å². The van der Waals surface area contributed by atoms with E-state index >= 15 is 0 Å². The highest BCUT2D eigenvalue weighted by Crippen LogP contribution is 2.18. The molecule has 0 aromatic heterocycles. The molecule has 2 unspecified atom stereocenters. The molecule has 0 saturated carbocycles. The predicted molar refractivity (Wildman–Crippen MR) is 132 cm³/mol. The summed E-state index contributed by atoms with van der Waals surface area (Å²) in [6.07, 6.45) is 2.31. The third kappa shape index (κ3) is 17.1. The molecule has 10 heteroatoms. The summed E-state index contributed by atoms with van der Waals surface area (Å²) in [5.41, 5.74) is -0.197. The Balaban J connectivity index is 0. The molecule has 1 N–H and O–H groups in total. The van der Waals surface area contributed by atoms with Crippen molar-refractivity contribution in [1.29, 1.82) is 5.26 Å². The Hall–Kier alpha value is -3.09. The van der Waals surface area contributed by atoms with Gasteiger partial charge in [-0.1, -0.05) is 34.3 Å². The summed E-state index contributed by atoms with van der Waals surface area (Å²) in [6.45, 7) is 17.5. The lowest BCUT2D eigenvalue weighted by Gasteiger charge is -2.37. The average molecular weight is 498 g/mol. The van der Waals surface area contributed by atoms with Crippen molar-refractivity contribution >= 4 is 23.9 Å². The molecular weight excluding hydrogens is 454 g/mol. The zero-order valence-electron chi connectivity index (χ0n) is 22.3. The molecule has 0 heterocycles. The summed E-state index contributed by atoms with van der Waals surface area (Å²) in [4.78, 5) is 47.0. The van der Waals surface area contributed by atoms with E-state index in [-0.39, 0.29) is 55.6 Å². The molecule has 0 rings (SSSR count). The number of amides is 2. The van der Waals surface area contributed by atoms with Crippen LogP contribution in [0.4, 0.5) is 4.79 Å². The van der Waals surface area contributed by atoms with Crippen molar-refractivity contribution in [3.8, 4) is 6.07 Å². The van der Waals surface area contributed by atoms with Crippen molar-refractivity contribution < 1.29 is 33.4 Å². The summed E-state index contributed by atoms with van der Waals surface area (Å²) in [6, 6.07) is 2.09. The van der Waals surface area contributed by atoms with Crippen LogP contribution in [0.1, 0.15) is 67.7 Å². The Bertz CT molecular complexity index is 711. The van der Waals surface area contributed by atoms with Crippen molar-refractivity contribution in [3.05, 3.63) is 12.7 Å². The van der Waals surface area contributed by atoms with Crippen molar-refractivity contribution in [2.45, 2.75) is 73.3 Å². The lowest BCUT2D eigenvalue weighted by atomic mass is 10.0. The molecule has 10 nitrogen and oxygen atoms in total. The summed E-state index contributed by atoms with van der Waals surface area (Å²) in [7, 11) is 0. The minimum Gasteiger partial charge on any atom is -0.462 e. The maximum absolute atomic E-state index is 12.0. The first-order chi connectivity index (χ1) is 16.3. The molecule has 0 radical (unpaired) electrons. The Labute approximate surface area is 210 Å². The van der Waals surface area contributed by atoms with Crippen LogP contribution in [0.3, 0.4) is 0 Å². The summed E-state index contributed by atoms with van der Waals surface area (Å²) in [5.74, 6) is -0.837. The highest BCUT2D eigenvalue weighted by Gasteiger charge is 2.28. The largest absolute Gasteiger partial charge is 0.462 e. The summed E-state index contributed by atoms with van der Waals surface area (Å²) in [5, 5.41) is 10.9. The van der Waals surface area contributed by atoms with Gasteiger partial charge >= 0.3 is 18.0 Å². The maximum Gasteiger partial charge on any atom is 0.407 e. The molecule has 2 atom stereocenters. The van der Waals surface area contributed by atoms with Crippen LogP contribution in [0.5, 0.6) is 0 Å². The molecule has 0 saturated heterocycles. The Morgan fingerprint density at radius 2 is 1.57 bits per heavy atom. The van der Waals surface area contributed by atoms with Gasteiger partial charge in [0.25, 0.3) is 0 Å². The molecule has 0 aromatic rings. The maximum atomic E-state index is 12.0. The molecule has 0 fully saturated rings. The molecule has 0 spiro atoms. The molecule has 0 bridgehead atoms. The second-order valence-electron chi connectivity index (χ2n) is 8.79. The monoisotopic (exact) mass is 497 g/mol. The van der Waals surface area contributed by atoms with Gasteiger partial charge in [0.2, 0.25) is 5.91 Å². The van der Waals surface area contributed by atoms with E-state index in [1.165, 1.54) is 0 Å². The van der Waals surface area contributed by atoms with E-state index in [4.69, 9.17) is 14.7 Å². The normalized spacial score (nSPS) is 11.9. The lowest BCUT2D eigenvalue weighted by molar-refractivity contribution is -0.149. The molecular formula is C25H43N3O7. The second kappa shape index (κ2) is 19.2. The number of alkyl carbamates (subject to hydrolysis) is 1. The van der Waals surface area contributed by atoms with Gasteiger partial charge in [-0.2, -0.15) is 5.26 Å². The van der Waals surface area contributed by atoms with Crippen molar-refractivity contribution in [2.75, 3.05) is 32.9 Å². The molecule has 0 aliphatic rings. The van der Waals surface area contributed by atoms with Gasteiger partial charge in [-0.05, 0) is 33.6 Å². The van der Waals surface area contributed by atoms with E-state index in [9.17, 15) is 19.2 Å². The second-order valence-corrected chi connectivity index (χ2v) is 8.79. The zero-order chi connectivity index (χ0) is 27.4. The van der Waals surface area contributed by atoms with Crippen molar-refractivity contribution in [1.82, 2.24) is 10.2 Å². The number of carbonyl (C=O) groups excluding carboxylic acids is 4. The first-order valence-corrected chi connectivity index (χ1v) is 11.9. The topological polar surface area (TPSA) is 135 Å². The van der Waals surface area contributed by atoms with Gasteiger partial charge in [-0.3, -0.25) is 9.59 Å². The third-order valence-corrected chi connectivity index (χ3v) is 4.91. The molecule has 35 heavy (non-hydrogen) atoms. The number of hydrogen-bond donors (Lipinski definition) is 1. The smallest absolute Gasteiger partial charge is 0.407 e. The van der Waals surface area contributed by atoms with Crippen LogP contribution in [0.2, 0.25) is 0 Å². The van der Waals surface area contributed by atoms with E-state index < -0.39 is 12.1 Å². The van der Waals surface area contributed by atoms with E-state index in [1.54, 1.807) is 6.92 Å². The van der Waals surface area contributed by atoms with E-state index in [1.807, 2.05) is 46.4 Å². The highest BCUT2D eigenvalue weighted by molar-refractivity contribution is 5.81. The molecule has 2 amide bonds. The first kappa shape index (κ1) is 34.1. The van der Waals surface area contributed by atoms with Gasteiger partial charge in [-0.25, -0.2) is 9.59 Å². The van der Waals surface area contributed by atoms with E-state index in [0.717, 1.165) is 12.5 Å². The Kier molecular flexibility index (Phi) is 18.7. The predicted octanol–water partition coefficient (Wildman–Crippen LogP) is 3.60. The highest BCUT2D eigenvalue weighted by atomic mass is 16.6. The van der Waals surface area contributed by atoms with Gasteiger partial charge in [0.1, 0.15) is 19.8 Å². The fourth-order valence-corrected chi connectivity index (χ4v) is 2.38. The third-order valence-electron chi connectivity index (χ3n) is 4.91. The number of ether oxygens (including phenoxy) is 3. The van der Waals surface area contributed by atoms with Crippen LogP contribution in [-0.2, 0) is 28.6 Å². The number of rotatable bonds is 13. The number of nitriles is 1. The summed E-state index contributed by atoms with van der Waals surface area (Å²) >= 11 is 0. The van der Waals surface area contributed by atoms with Crippen LogP contribution in [0.25, 0.3) is 0 Å². The number of nitrogens with zero attached hydrogens (tertiary/aromatic N) is 2. The lowest BCUT2D eigenvalue weighted by Crippen LogP contribution is -2.48. The van der Waals surface area contributed by atoms with Gasteiger partial charge in [-0.15, -0.1) is 0 Å². The fourth-order valence-electron chi connectivity index (χ4n) is 2.38. The number of esters is 2. The average Bonchev–Trinajstić information content (AvgIpc) is 2.82.